The normalized spacial score (nSPS) is 13.2. The minimum absolute atomic E-state index is 0.137. The number of benzene rings is 1. The molecule has 0 radical (unpaired) electrons. The Hall–Kier alpha value is -0.770. The molecular formula is C18H30ClNO2. The molecule has 0 saturated heterocycles. The zero-order chi connectivity index (χ0) is 16.6. The van der Waals surface area contributed by atoms with Crippen molar-refractivity contribution in [2.24, 2.45) is 0 Å². The molecule has 2 N–H and O–H groups in total. The molecule has 0 saturated carbocycles. The minimum atomic E-state index is -0.291. The quantitative estimate of drug-likeness (QED) is 0.634. The molecule has 126 valence electrons. The van der Waals surface area contributed by atoms with E-state index in [1.807, 2.05) is 12.1 Å². The first-order valence-electron chi connectivity index (χ1n) is 8.18. The third kappa shape index (κ3) is 6.55. The largest absolute Gasteiger partial charge is 0.492 e. The lowest BCUT2D eigenvalue weighted by Crippen LogP contribution is -2.25. The van der Waals surface area contributed by atoms with Gasteiger partial charge in [0.25, 0.3) is 0 Å². The summed E-state index contributed by atoms with van der Waals surface area (Å²) < 4.78 is 5.76. The zero-order valence-corrected chi connectivity index (χ0v) is 15.0. The molecule has 0 spiro atoms. The standard InChI is InChI=1S/C18H30ClNO2/c1-5-18(3,4)15-8-9-17(16(19)12-15)22-11-7-6-10-20-13-14(2)21/h8-9,12,14,20-21H,5-7,10-11,13H2,1-4H3/t14-/m1/s1. The second-order valence-electron chi connectivity index (χ2n) is 6.49. The molecule has 1 atom stereocenters. The zero-order valence-electron chi connectivity index (χ0n) is 14.3. The van der Waals surface area contributed by atoms with Gasteiger partial charge >= 0.3 is 0 Å². The highest BCUT2D eigenvalue weighted by atomic mass is 35.5. The summed E-state index contributed by atoms with van der Waals surface area (Å²) in [6.07, 6.45) is 2.76. The Morgan fingerprint density at radius 1 is 1.32 bits per heavy atom. The summed E-state index contributed by atoms with van der Waals surface area (Å²) in [5.74, 6) is 0.759. The number of halogens is 1. The highest BCUT2D eigenvalue weighted by Crippen LogP contribution is 2.33. The number of rotatable bonds is 10. The number of aliphatic hydroxyl groups excluding tert-OH is 1. The van der Waals surface area contributed by atoms with Gasteiger partial charge in [0.05, 0.1) is 17.7 Å². The van der Waals surface area contributed by atoms with Crippen LogP contribution in [-0.2, 0) is 5.41 Å². The number of aliphatic hydroxyl groups is 1. The first-order valence-corrected chi connectivity index (χ1v) is 8.56. The predicted molar refractivity (Wildman–Crippen MR) is 94.0 cm³/mol. The fourth-order valence-corrected chi connectivity index (χ4v) is 2.32. The van der Waals surface area contributed by atoms with E-state index in [-0.39, 0.29) is 11.5 Å². The van der Waals surface area contributed by atoms with Crippen molar-refractivity contribution < 1.29 is 9.84 Å². The molecule has 1 rings (SSSR count). The van der Waals surface area contributed by atoms with Gasteiger partial charge in [0.1, 0.15) is 5.75 Å². The first-order chi connectivity index (χ1) is 10.4. The number of hydrogen-bond donors (Lipinski definition) is 2. The van der Waals surface area contributed by atoms with Crippen LogP contribution in [0, 0.1) is 0 Å². The molecule has 0 aliphatic carbocycles. The summed E-state index contributed by atoms with van der Waals surface area (Å²) in [7, 11) is 0. The molecule has 0 aromatic heterocycles. The Balaban J connectivity index is 2.35. The van der Waals surface area contributed by atoms with Crippen LogP contribution in [0.1, 0.15) is 52.5 Å². The smallest absolute Gasteiger partial charge is 0.137 e. The van der Waals surface area contributed by atoms with Crippen molar-refractivity contribution in [1.29, 1.82) is 0 Å². The topological polar surface area (TPSA) is 41.5 Å². The van der Waals surface area contributed by atoms with Gasteiger partial charge < -0.3 is 15.2 Å². The molecule has 0 aliphatic heterocycles. The number of hydrogen-bond acceptors (Lipinski definition) is 3. The summed E-state index contributed by atoms with van der Waals surface area (Å²) in [5, 5.41) is 13.0. The van der Waals surface area contributed by atoms with Gasteiger partial charge in [-0.2, -0.15) is 0 Å². The molecule has 0 fully saturated rings. The van der Waals surface area contributed by atoms with E-state index in [0.717, 1.165) is 31.6 Å². The molecular weight excluding hydrogens is 298 g/mol. The van der Waals surface area contributed by atoms with Gasteiger partial charge in [-0.3, -0.25) is 0 Å². The van der Waals surface area contributed by atoms with Crippen LogP contribution in [0.5, 0.6) is 5.75 Å². The fourth-order valence-electron chi connectivity index (χ4n) is 2.09. The van der Waals surface area contributed by atoms with E-state index in [2.05, 4.69) is 32.2 Å². The number of ether oxygens (including phenoxy) is 1. The molecule has 1 aromatic rings. The molecule has 0 bridgehead atoms. The second kappa shape index (κ2) is 9.39. The van der Waals surface area contributed by atoms with Crippen LogP contribution in [0.15, 0.2) is 18.2 Å². The third-order valence-corrected chi connectivity index (χ3v) is 4.34. The van der Waals surface area contributed by atoms with Gasteiger partial charge in [-0.05, 0) is 55.8 Å². The van der Waals surface area contributed by atoms with Crippen LogP contribution < -0.4 is 10.1 Å². The molecule has 1 aromatic carbocycles. The van der Waals surface area contributed by atoms with Crippen LogP contribution in [-0.4, -0.2) is 30.9 Å². The summed E-state index contributed by atoms with van der Waals surface area (Å²) in [6.45, 7) is 10.6. The highest BCUT2D eigenvalue weighted by Gasteiger charge is 2.19. The van der Waals surface area contributed by atoms with Gasteiger partial charge in [0, 0.05) is 6.54 Å². The van der Waals surface area contributed by atoms with Crippen molar-refractivity contribution in [3.63, 3.8) is 0 Å². The van der Waals surface area contributed by atoms with Crippen molar-refractivity contribution in [2.45, 2.75) is 58.5 Å². The van der Waals surface area contributed by atoms with Crippen molar-refractivity contribution in [1.82, 2.24) is 5.32 Å². The third-order valence-electron chi connectivity index (χ3n) is 4.04. The second-order valence-corrected chi connectivity index (χ2v) is 6.90. The van der Waals surface area contributed by atoms with E-state index in [1.54, 1.807) is 6.92 Å². The summed E-state index contributed by atoms with van der Waals surface area (Å²) >= 11 is 6.32. The summed E-state index contributed by atoms with van der Waals surface area (Å²) in [5.41, 5.74) is 1.38. The summed E-state index contributed by atoms with van der Waals surface area (Å²) in [4.78, 5) is 0. The van der Waals surface area contributed by atoms with Crippen molar-refractivity contribution in [3.05, 3.63) is 28.8 Å². The lowest BCUT2D eigenvalue weighted by atomic mass is 9.82. The van der Waals surface area contributed by atoms with Crippen molar-refractivity contribution in [3.8, 4) is 5.75 Å². The van der Waals surface area contributed by atoms with Gasteiger partial charge in [0.2, 0.25) is 0 Å². The molecule has 22 heavy (non-hydrogen) atoms. The van der Waals surface area contributed by atoms with E-state index >= 15 is 0 Å². The Kier molecular flexibility index (Phi) is 8.23. The Morgan fingerprint density at radius 3 is 2.64 bits per heavy atom. The average molecular weight is 328 g/mol. The Morgan fingerprint density at radius 2 is 2.05 bits per heavy atom. The van der Waals surface area contributed by atoms with Gasteiger partial charge in [-0.15, -0.1) is 0 Å². The first kappa shape index (κ1) is 19.3. The van der Waals surface area contributed by atoms with Crippen LogP contribution >= 0.6 is 11.6 Å². The molecule has 4 heteroatoms. The Bertz CT molecular complexity index is 447. The van der Waals surface area contributed by atoms with Crippen LogP contribution in [0.3, 0.4) is 0 Å². The van der Waals surface area contributed by atoms with Crippen molar-refractivity contribution >= 4 is 11.6 Å². The lowest BCUT2D eigenvalue weighted by molar-refractivity contribution is 0.191. The minimum Gasteiger partial charge on any atom is -0.492 e. The van der Waals surface area contributed by atoms with Gasteiger partial charge in [-0.1, -0.05) is 38.4 Å². The van der Waals surface area contributed by atoms with E-state index in [9.17, 15) is 0 Å². The van der Waals surface area contributed by atoms with Crippen LogP contribution in [0.2, 0.25) is 5.02 Å². The van der Waals surface area contributed by atoms with E-state index in [4.69, 9.17) is 21.4 Å². The fraction of sp³-hybridized carbons (Fsp3) is 0.667. The molecule has 0 unspecified atom stereocenters. The Labute approximate surface area is 140 Å². The van der Waals surface area contributed by atoms with E-state index in [0.29, 0.717) is 18.2 Å². The van der Waals surface area contributed by atoms with Crippen LogP contribution in [0.25, 0.3) is 0 Å². The van der Waals surface area contributed by atoms with Crippen molar-refractivity contribution in [2.75, 3.05) is 19.7 Å². The maximum absolute atomic E-state index is 9.13. The van der Waals surface area contributed by atoms with Gasteiger partial charge in [0.15, 0.2) is 0 Å². The summed E-state index contributed by atoms with van der Waals surface area (Å²) in [6, 6.07) is 6.10. The number of unbranched alkanes of at least 4 members (excludes halogenated alkanes) is 1. The number of nitrogens with one attached hydrogen (secondary N) is 1. The molecule has 0 aliphatic rings. The monoisotopic (exact) mass is 327 g/mol. The van der Waals surface area contributed by atoms with E-state index in [1.165, 1.54) is 5.56 Å². The SMILES string of the molecule is CCC(C)(C)c1ccc(OCCCCNC[C@@H](C)O)c(Cl)c1. The molecule has 3 nitrogen and oxygen atoms in total. The molecule has 0 heterocycles. The van der Waals surface area contributed by atoms with Gasteiger partial charge in [-0.25, -0.2) is 0 Å². The average Bonchev–Trinajstić information content (AvgIpc) is 2.47. The maximum atomic E-state index is 9.13. The van der Waals surface area contributed by atoms with Crippen LogP contribution in [0.4, 0.5) is 0 Å². The molecule has 0 amide bonds. The lowest BCUT2D eigenvalue weighted by Gasteiger charge is -2.24. The predicted octanol–water partition coefficient (Wildman–Crippen LogP) is 4.16. The highest BCUT2D eigenvalue weighted by molar-refractivity contribution is 6.32. The maximum Gasteiger partial charge on any atom is 0.137 e. The van der Waals surface area contributed by atoms with E-state index < -0.39 is 0 Å².